The number of hydrogen-bond acceptors (Lipinski definition) is 5. The first-order valence-corrected chi connectivity index (χ1v) is 10.1. The zero-order valence-electron chi connectivity index (χ0n) is 17.5. The van der Waals surface area contributed by atoms with E-state index in [0.29, 0.717) is 49.1 Å². The second kappa shape index (κ2) is 9.11. The Hall–Kier alpha value is -2.83. The normalized spacial score (nSPS) is 16.0. The predicted molar refractivity (Wildman–Crippen MR) is 109 cm³/mol. The number of aryl methyl sites for hydroxylation is 1. The van der Waals surface area contributed by atoms with Crippen LogP contribution in [-0.2, 0) is 4.79 Å². The lowest BCUT2D eigenvalue weighted by Gasteiger charge is -2.32. The van der Waals surface area contributed by atoms with Crippen molar-refractivity contribution in [1.29, 1.82) is 0 Å². The third-order valence-corrected chi connectivity index (χ3v) is 5.20. The van der Waals surface area contributed by atoms with Gasteiger partial charge in [0.05, 0.1) is 0 Å². The van der Waals surface area contributed by atoms with Crippen LogP contribution in [0.25, 0.3) is 0 Å². The van der Waals surface area contributed by atoms with Gasteiger partial charge in [-0.2, -0.15) is 0 Å². The van der Waals surface area contributed by atoms with Crippen LogP contribution in [0.2, 0.25) is 0 Å². The maximum atomic E-state index is 12.5. The zero-order chi connectivity index (χ0) is 21.0. The summed E-state index contributed by atoms with van der Waals surface area (Å²) >= 11 is 0. The van der Waals surface area contributed by atoms with E-state index in [1.165, 1.54) is 5.56 Å². The number of aromatic nitrogens is 1. The third kappa shape index (κ3) is 5.37. The Balaban J connectivity index is 1.45. The molecule has 0 bridgehead atoms. The molecule has 1 fully saturated rings. The number of piperidine rings is 1. The fraction of sp³-hybridized carbons (Fsp3) is 0.500. The molecular formula is C22H29N3O4. The molecule has 2 aromatic rings. The molecule has 0 radical (unpaired) electrons. The molecule has 156 valence electrons. The first-order valence-electron chi connectivity index (χ1n) is 10.1. The average molecular weight is 399 g/mol. The van der Waals surface area contributed by atoms with Crippen LogP contribution in [0.4, 0.5) is 0 Å². The van der Waals surface area contributed by atoms with Crippen molar-refractivity contribution in [2.75, 3.05) is 13.1 Å². The van der Waals surface area contributed by atoms with Crippen molar-refractivity contribution in [3.63, 3.8) is 0 Å². The standard InChI is InChI=1S/C22H29N3O4/c1-14(2)17-5-7-19(8-6-17)28-16(4)21(26)23-18-9-11-25(12-10-18)22(27)20-13-15(3)29-24-20/h5-8,13-14,16,18H,9-12H2,1-4H3,(H,23,26). The molecule has 7 heteroatoms. The number of nitrogens with one attached hydrogen (secondary N) is 1. The van der Waals surface area contributed by atoms with E-state index in [1.54, 1.807) is 24.8 Å². The largest absolute Gasteiger partial charge is 0.481 e. The molecule has 1 aliphatic heterocycles. The van der Waals surface area contributed by atoms with Gasteiger partial charge in [0.1, 0.15) is 11.5 Å². The molecule has 2 heterocycles. The minimum atomic E-state index is -0.585. The quantitative estimate of drug-likeness (QED) is 0.806. The molecule has 1 aromatic heterocycles. The van der Waals surface area contributed by atoms with Crippen LogP contribution in [0, 0.1) is 6.92 Å². The van der Waals surface area contributed by atoms with Gasteiger partial charge in [0.2, 0.25) is 0 Å². The molecule has 7 nitrogen and oxygen atoms in total. The highest BCUT2D eigenvalue weighted by atomic mass is 16.5. The fourth-order valence-corrected chi connectivity index (χ4v) is 3.36. The Bertz CT molecular complexity index is 836. The van der Waals surface area contributed by atoms with Crippen molar-refractivity contribution >= 4 is 11.8 Å². The van der Waals surface area contributed by atoms with Crippen LogP contribution in [0.5, 0.6) is 5.75 Å². The molecule has 0 saturated carbocycles. The van der Waals surface area contributed by atoms with Gasteiger partial charge in [-0.05, 0) is 50.3 Å². The van der Waals surface area contributed by atoms with Gasteiger partial charge in [-0.25, -0.2) is 0 Å². The van der Waals surface area contributed by atoms with Crippen LogP contribution in [0.15, 0.2) is 34.9 Å². The monoisotopic (exact) mass is 399 g/mol. The predicted octanol–water partition coefficient (Wildman–Crippen LogP) is 3.29. The number of nitrogens with zero attached hydrogens (tertiary/aromatic N) is 2. The molecule has 0 spiro atoms. The van der Waals surface area contributed by atoms with E-state index in [0.717, 1.165) is 0 Å². The van der Waals surface area contributed by atoms with Crippen molar-refractivity contribution in [3.05, 3.63) is 47.3 Å². The molecule has 0 aliphatic carbocycles. The lowest BCUT2D eigenvalue weighted by molar-refractivity contribution is -0.128. The molecule has 1 unspecified atom stereocenters. The van der Waals surface area contributed by atoms with E-state index >= 15 is 0 Å². The first kappa shape index (κ1) is 20.9. The molecule has 1 N–H and O–H groups in total. The van der Waals surface area contributed by atoms with E-state index in [2.05, 4.69) is 24.3 Å². The number of likely N-dealkylation sites (tertiary alicyclic amines) is 1. The summed E-state index contributed by atoms with van der Waals surface area (Å²) in [6.45, 7) is 8.92. The maximum Gasteiger partial charge on any atom is 0.276 e. The van der Waals surface area contributed by atoms with Crippen LogP contribution < -0.4 is 10.1 Å². The third-order valence-electron chi connectivity index (χ3n) is 5.20. The number of ether oxygens (including phenoxy) is 1. The van der Waals surface area contributed by atoms with Crippen molar-refractivity contribution in [2.24, 2.45) is 0 Å². The Morgan fingerprint density at radius 3 is 2.38 bits per heavy atom. The molecule has 1 saturated heterocycles. The van der Waals surface area contributed by atoms with E-state index in [-0.39, 0.29) is 17.9 Å². The molecule has 1 aliphatic rings. The van der Waals surface area contributed by atoms with Crippen LogP contribution in [-0.4, -0.2) is 47.1 Å². The van der Waals surface area contributed by atoms with Gasteiger partial charge in [-0.3, -0.25) is 9.59 Å². The lowest BCUT2D eigenvalue weighted by atomic mass is 10.0. The zero-order valence-corrected chi connectivity index (χ0v) is 17.5. The van der Waals surface area contributed by atoms with Crippen LogP contribution in [0.1, 0.15) is 61.3 Å². The van der Waals surface area contributed by atoms with E-state index in [9.17, 15) is 9.59 Å². The minimum absolute atomic E-state index is 0.0277. The first-order chi connectivity index (χ1) is 13.8. The molecule has 1 aromatic carbocycles. The van der Waals surface area contributed by atoms with Crippen LogP contribution >= 0.6 is 0 Å². The van der Waals surface area contributed by atoms with Gasteiger partial charge < -0.3 is 19.5 Å². The minimum Gasteiger partial charge on any atom is -0.481 e. The number of carbonyl (C=O) groups excluding carboxylic acids is 2. The number of benzene rings is 1. The highest BCUT2D eigenvalue weighted by Crippen LogP contribution is 2.20. The van der Waals surface area contributed by atoms with E-state index < -0.39 is 6.10 Å². The Morgan fingerprint density at radius 2 is 1.83 bits per heavy atom. The average Bonchev–Trinajstić information content (AvgIpc) is 3.14. The summed E-state index contributed by atoms with van der Waals surface area (Å²) in [6, 6.07) is 9.51. The molecule has 2 amide bonds. The van der Waals surface area contributed by atoms with Crippen molar-refractivity contribution in [3.8, 4) is 5.75 Å². The Morgan fingerprint density at radius 1 is 1.17 bits per heavy atom. The van der Waals surface area contributed by atoms with E-state index in [1.807, 2.05) is 24.3 Å². The summed E-state index contributed by atoms with van der Waals surface area (Å²) in [5.41, 5.74) is 1.56. The van der Waals surface area contributed by atoms with Crippen molar-refractivity contribution in [1.82, 2.24) is 15.4 Å². The summed E-state index contributed by atoms with van der Waals surface area (Å²) in [4.78, 5) is 26.7. The van der Waals surface area contributed by atoms with Gasteiger partial charge in [-0.1, -0.05) is 31.1 Å². The maximum absolute atomic E-state index is 12.5. The summed E-state index contributed by atoms with van der Waals surface area (Å²) < 4.78 is 10.8. The summed E-state index contributed by atoms with van der Waals surface area (Å²) in [6.07, 6.45) is 0.812. The number of carbonyl (C=O) groups is 2. The van der Waals surface area contributed by atoms with E-state index in [4.69, 9.17) is 9.26 Å². The van der Waals surface area contributed by atoms with Gasteiger partial charge >= 0.3 is 0 Å². The van der Waals surface area contributed by atoms with Gasteiger partial charge in [0.25, 0.3) is 11.8 Å². The highest BCUT2D eigenvalue weighted by Gasteiger charge is 2.27. The highest BCUT2D eigenvalue weighted by molar-refractivity contribution is 5.92. The van der Waals surface area contributed by atoms with Gasteiger partial charge in [-0.15, -0.1) is 0 Å². The van der Waals surface area contributed by atoms with Gasteiger partial charge in [0, 0.05) is 25.2 Å². The summed E-state index contributed by atoms with van der Waals surface area (Å²) in [5.74, 6) is 1.47. The number of amides is 2. The number of hydrogen-bond donors (Lipinski definition) is 1. The molecule has 3 rings (SSSR count). The Labute approximate surface area is 171 Å². The molecule has 1 atom stereocenters. The van der Waals surface area contributed by atoms with Gasteiger partial charge in [0.15, 0.2) is 11.8 Å². The molecular weight excluding hydrogens is 370 g/mol. The lowest BCUT2D eigenvalue weighted by Crippen LogP contribution is -2.49. The fourth-order valence-electron chi connectivity index (χ4n) is 3.36. The smallest absolute Gasteiger partial charge is 0.276 e. The second-order valence-corrected chi connectivity index (χ2v) is 7.88. The Kier molecular flexibility index (Phi) is 6.56. The summed E-state index contributed by atoms with van der Waals surface area (Å²) in [5, 5.41) is 6.82. The van der Waals surface area contributed by atoms with Crippen LogP contribution in [0.3, 0.4) is 0 Å². The molecule has 29 heavy (non-hydrogen) atoms. The topological polar surface area (TPSA) is 84.7 Å². The van der Waals surface area contributed by atoms with Crippen molar-refractivity contribution in [2.45, 2.75) is 58.6 Å². The number of rotatable bonds is 6. The summed E-state index contributed by atoms with van der Waals surface area (Å²) in [7, 11) is 0. The van der Waals surface area contributed by atoms with Crippen molar-refractivity contribution < 1.29 is 18.8 Å². The SMILES string of the molecule is Cc1cc(C(=O)N2CCC(NC(=O)C(C)Oc3ccc(C(C)C)cc3)CC2)no1. The second-order valence-electron chi connectivity index (χ2n) is 7.88.